The van der Waals surface area contributed by atoms with Crippen molar-refractivity contribution in [2.45, 2.75) is 13.5 Å². The van der Waals surface area contributed by atoms with E-state index in [9.17, 15) is 9.18 Å². The minimum atomic E-state index is -0.742. The highest BCUT2D eigenvalue weighted by atomic mass is 19.1. The number of halogens is 1. The van der Waals surface area contributed by atoms with Gasteiger partial charge in [0.25, 0.3) is 5.56 Å². The summed E-state index contributed by atoms with van der Waals surface area (Å²) < 4.78 is 20.5. The third-order valence-electron chi connectivity index (χ3n) is 4.74. The molecule has 0 aliphatic heterocycles. The van der Waals surface area contributed by atoms with Crippen molar-refractivity contribution in [2.24, 2.45) is 16.5 Å². The Morgan fingerprint density at radius 2 is 2.19 bits per heavy atom. The van der Waals surface area contributed by atoms with Crippen LogP contribution in [0.1, 0.15) is 23.7 Å². The highest BCUT2D eigenvalue weighted by Crippen LogP contribution is 2.35. The molecule has 1 aromatic heterocycles. The Bertz CT molecular complexity index is 1300. The molecule has 0 aliphatic rings. The first-order chi connectivity index (χ1) is 15.0. The van der Waals surface area contributed by atoms with Crippen LogP contribution in [0, 0.1) is 12.4 Å². The summed E-state index contributed by atoms with van der Waals surface area (Å²) in [5, 5.41) is 6.31. The fourth-order valence-corrected chi connectivity index (χ4v) is 3.41. The zero-order chi connectivity index (χ0) is 22.5. The first-order valence-corrected chi connectivity index (χ1v) is 9.44. The number of rotatable bonds is 6. The summed E-state index contributed by atoms with van der Waals surface area (Å²) in [6.45, 7) is 9.83. The monoisotopic (exact) mass is 420 g/mol. The zero-order valence-corrected chi connectivity index (χ0v) is 17.1. The van der Waals surface area contributed by atoms with E-state index in [0.29, 0.717) is 40.5 Å². The van der Waals surface area contributed by atoms with Gasteiger partial charge in [0.15, 0.2) is 0 Å². The SMILES string of the molecule is [C-]#[N+]c1c(OCC)cccc1C(=NC)/C(=C\N)c1cc(F)c2c(=O)[nH]nc(CN)c2c1. The third-order valence-corrected chi connectivity index (χ3v) is 4.74. The number of fused-ring (bicyclic) bond motifs is 1. The Hall–Kier alpha value is -4.03. The van der Waals surface area contributed by atoms with Crippen LogP contribution in [0.25, 0.3) is 21.2 Å². The molecule has 31 heavy (non-hydrogen) atoms. The molecule has 0 aliphatic carbocycles. The summed E-state index contributed by atoms with van der Waals surface area (Å²) in [6, 6.07) is 7.95. The molecule has 0 atom stereocenters. The molecule has 0 spiro atoms. The topological polar surface area (TPSA) is 124 Å². The van der Waals surface area contributed by atoms with E-state index >= 15 is 0 Å². The van der Waals surface area contributed by atoms with Crippen LogP contribution in [0.3, 0.4) is 0 Å². The van der Waals surface area contributed by atoms with Crippen LogP contribution in [0.5, 0.6) is 5.75 Å². The van der Waals surface area contributed by atoms with Crippen molar-refractivity contribution in [1.29, 1.82) is 0 Å². The number of hydrogen-bond acceptors (Lipinski definition) is 6. The molecule has 0 unspecified atom stereocenters. The number of aromatic amines is 1. The van der Waals surface area contributed by atoms with Crippen LogP contribution in [0.4, 0.5) is 10.1 Å². The Morgan fingerprint density at radius 3 is 2.81 bits per heavy atom. The van der Waals surface area contributed by atoms with Crippen LogP contribution < -0.4 is 21.8 Å². The van der Waals surface area contributed by atoms with Crippen LogP contribution in [0.15, 0.2) is 46.3 Å². The van der Waals surface area contributed by atoms with E-state index in [1.165, 1.54) is 12.3 Å². The van der Waals surface area contributed by atoms with Gasteiger partial charge in [-0.2, -0.15) is 5.10 Å². The van der Waals surface area contributed by atoms with E-state index in [-0.39, 0.29) is 23.0 Å². The number of nitrogens with one attached hydrogen (secondary N) is 1. The lowest BCUT2D eigenvalue weighted by Gasteiger charge is -2.16. The Morgan fingerprint density at radius 1 is 1.42 bits per heavy atom. The van der Waals surface area contributed by atoms with Gasteiger partial charge in [-0.3, -0.25) is 9.79 Å². The van der Waals surface area contributed by atoms with Gasteiger partial charge in [-0.1, -0.05) is 12.1 Å². The number of H-pyrrole nitrogens is 1. The Labute approximate surface area is 177 Å². The predicted molar refractivity (Wildman–Crippen MR) is 119 cm³/mol. The minimum Gasteiger partial charge on any atom is -0.505 e. The second kappa shape index (κ2) is 9.19. The lowest BCUT2D eigenvalue weighted by Crippen LogP contribution is -2.15. The number of allylic oxidation sites excluding steroid dienone is 1. The molecule has 9 heteroatoms. The van der Waals surface area contributed by atoms with E-state index in [1.54, 1.807) is 31.3 Å². The largest absolute Gasteiger partial charge is 0.505 e. The predicted octanol–water partition coefficient (Wildman–Crippen LogP) is 2.89. The van der Waals surface area contributed by atoms with E-state index in [4.69, 9.17) is 22.8 Å². The number of benzene rings is 2. The Balaban J connectivity index is 2.26. The lowest BCUT2D eigenvalue weighted by atomic mass is 9.93. The van der Waals surface area contributed by atoms with Crippen molar-refractivity contribution in [3.05, 3.63) is 80.9 Å². The smallest absolute Gasteiger partial charge is 0.275 e. The number of aromatic nitrogens is 2. The number of aliphatic imine (C=N–C) groups is 1. The van der Waals surface area contributed by atoms with Gasteiger partial charge >= 0.3 is 0 Å². The van der Waals surface area contributed by atoms with Crippen molar-refractivity contribution >= 4 is 27.7 Å². The van der Waals surface area contributed by atoms with Crippen LogP contribution in [-0.4, -0.2) is 29.6 Å². The molecule has 8 nitrogen and oxygen atoms in total. The van der Waals surface area contributed by atoms with Crippen molar-refractivity contribution in [3.63, 3.8) is 0 Å². The summed E-state index contributed by atoms with van der Waals surface area (Å²) in [5.41, 5.74) is 13.2. The third kappa shape index (κ3) is 3.89. The molecule has 3 aromatic rings. The fraction of sp³-hybridized carbons (Fsp3) is 0.182. The highest BCUT2D eigenvalue weighted by molar-refractivity contribution is 6.33. The second-order valence-corrected chi connectivity index (χ2v) is 6.43. The van der Waals surface area contributed by atoms with Gasteiger partial charge in [0.1, 0.15) is 11.6 Å². The van der Waals surface area contributed by atoms with Crippen LogP contribution in [0.2, 0.25) is 0 Å². The van der Waals surface area contributed by atoms with Gasteiger partial charge in [-0.15, -0.1) is 0 Å². The molecule has 0 fully saturated rings. The molecule has 0 saturated carbocycles. The first-order valence-electron chi connectivity index (χ1n) is 9.44. The summed E-state index contributed by atoms with van der Waals surface area (Å²) in [5.74, 6) is -0.326. The van der Waals surface area contributed by atoms with Gasteiger partial charge in [0, 0.05) is 36.3 Å². The first kappa shape index (κ1) is 21.7. The van der Waals surface area contributed by atoms with Gasteiger partial charge < -0.3 is 16.2 Å². The van der Waals surface area contributed by atoms with Crippen LogP contribution in [-0.2, 0) is 6.54 Å². The molecule has 0 saturated heterocycles. The van der Waals surface area contributed by atoms with Crippen molar-refractivity contribution in [2.75, 3.05) is 13.7 Å². The van der Waals surface area contributed by atoms with Crippen LogP contribution >= 0.6 is 0 Å². The Kier molecular flexibility index (Phi) is 6.43. The van der Waals surface area contributed by atoms with Gasteiger partial charge in [-0.25, -0.2) is 14.3 Å². The summed E-state index contributed by atoms with van der Waals surface area (Å²) in [4.78, 5) is 20.0. The van der Waals surface area contributed by atoms with Gasteiger partial charge in [0.2, 0.25) is 5.69 Å². The summed E-state index contributed by atoms with van der Waals surface area (Å²) in [6.07, 6.45) is 1.28. The minimum absolute atomic E-state index is 0.00480. The number of hydrogen-bond donors (Lipinski definition) is 3. The quantitative estimate of drug-likeness (QED) is 0.418. The maximum Gasteiger partial charge on any atom is 0.275 e. The van der Waals surface area contributed by atoms with E-state index in [1.807, 2.05) is 6.92 Å². The molecule has 0 bridgehead atoms. The number of ether oxygens (including phenoxy) is 1. The summed E-state index contributed by atoms with van der Waals surface area (Å²) in [7, 11) is 1.55. The normalized spacial score (nSPS) is 12.1. The molecule has 0 amide bonds. The molecule has 3 rings (SSSR count). The van der Waals surface area contributed by atoms with Crippen molar-refractivity contribution in [1.82, 2.24) is 10.2 Å². The maximum atomic E-state index is 14.9. The van der Waals surface area contributed by atoms with E-state index in [2.05, 4.69) is 20.0 Å². The number of para-hydroxylation sites is 1. The molecular weight excluding hydrogens is 399 g/mol. The van der Waals surface area contributed by atoms with Gasteiger partial charge in [-0.05, 0) is 30.7 Å². The van der Waals surface area contributed by atoms with E-state index < -0.39 is 11.4 Å². The fourth-order valence-electron chi connectivity index (χ4n) is 3.41. The average molecular weight is 420 g/mol. The van der Waals surface area contributed by atoms with E-state index in [0.717, 1.165) is 0 Å². The molecule has 2 aromatic carbocycles. The highest BCUT2D eigenvalue weighted by Gasteiger charge is 2.21. The zero-order valence-electron chi connectivity index (χ0n) is 17.1. The number of nitrogens with zero attached hydrogens (tertiary/aromatic N) is 3. The number of nitrogens with two attached hydrogens (primary N) is 2. The molecule has 0 radical (unpaired) electrons. The van der Waals surface area contributed by atoms with Crippen molar-refractivity contribution < 1.29 is 9.13 Å². The lowest BCUT2D eigenvalue weighted by molar-refractivity contribution is 0.342. The molecular formula is C22H21FN6O2. The maximum absolute atomic E-state index is 14.9. The average Bonchev–Trinajstić information content (AvgIpc) is 2.77. The molecule has 1 heterocycles. The molecule has 5 N–H and O–H groups in total. The second-order valence-electron chi connectivity index (χ2n) is 6.43. The standard InChI is InChI=1S/C22H21FN6O2/c1-4-31-18-7-5-6-13(21(18)27-3)20(26-2)15(10-24)12-8-14-17(11-25)28-29-22(30)19(14)16(23)9-12/h5-10H,4,11,24-25H2,1-2H3,(H,29,30)/b15-10-,26-20?. The van der Waals surface area contributed by atoms with Gasteiger partial charge in [0.05, 0.1) is 30.0 Å². The summed E-state index contributed by atoms with van der Waals surface area (Å²) >= 11 is 0. The van der Waals surface area contributed by atoms with Crippen molar-refractivity contribution in [3.8, 4) is 5.75 Å². The molecule has 158 valence electrons.